The summed E-state index contributed by atoms with van der Waals surface area (Å²) in [5, 5.41) is 0. The number of hydrogen-bond acceptors (Lipinski definition) is 2. The lowest BCUT2D eigenvalue weighted by Crippen LogP contribution is -2.37. The Morgan fingerprint density at radius 2 is 1.89 bits per heavy atom. The Kier molecular flexibility index (Phi) is 5.86. The first-order valence-electron chi connectivity index (χ1n) is 2.51. The van der Waals surface area contributed by atoms with Crippen molar-refractivity contribution in [2.24, 2.45) is 5.73 Å². The van der Waals surface area contributed by atoms with Gasteiger partial charge in [-0.1, -0.05) is 0 Å². The van der Waals surface area contributed by atoms with E-state index in [0.29, 0.717) is 0 Å². The number of rotatable bonds is 2. The predicted molar refractivity (Wildman–Crippen MR) is 39.6 cm³/mol. The summed E-state index contributed by atoms with van der Waals surface area (Å²) in [6.07, 6.45) is 0. The normalized spacial score (nSPS) is 12.4. The first kappa shape index (κ1) is 11.5. The van der Waals surface area contributed by atoms with Gasteiger partial charge < -0.3 is 5.73 Å². The molecule has 0 aromatic carbocycles. The van der Waals surface area contributed by atoms with Crippen LogP contribution in [-0.2, 0) is 4.79 Å². The third-order valence-corrected chi connectivity index (χ3v) is 1.19. The number of carbonyl (C=O) groups excluding carboxylic acids is 1. The summed E-state index contributed by atoms with van der Waals surface area (Å²) in [5.41, 5.74) is 4.96. The average molecular weight is 153 g/mol. The molecule has 0 aromatic heterocycles. The second-order valence-corrected chi connectivity index (χ2v) is 2.04. The maximum atomic E-state index is 10.3. The van der Waals surface area contributed by atoms with Crippen molar-refractivity contribution in [2.45, 2.75) is 13.0 Å². The van der Waals surface area contributed by atoms with E-state index in [1.807, 2.05) is 14.1 Å². The molecule has 4 heteroatoms. The molecule has 0 spiro atoms. The number of hydrogen-bond donors (Lipinski definition) is 1. The first-order valence-corrected chi connectivity index (χ1v) is 2.51. The van der Waals surface area contributed by atoms with Crippen LogP contribution in [0.3, 0.4) is 0 Å². The second kappa shape index (κ2) is 4.58. The molecule has 0 rings (SSSR count). The van der Waals surface area contributed by atoms with Crippen molar-refractivity contribution in [1.82, 2.24) is 4.90 Å². The molecule has 3 nitrogen and oxygen atoms in total. The summed E-state index contributed by atoms with van der Waals surface area (Å²) in [5.74, 6) is -0.282. The zero-order valence-electron chi connectivity index (χ0n) is 5.92. The fourth-order valence-corrected chi connectivity index (χ4v) is 0.254. The molecule has 0 aliphatic heterocycles. The minimum absolute atomic E-state index is 0. The third-order valence-electron chi connectivity index (χ3n) is 1.19. The highest BCUT2D eigenvalue weighted by molar-refractivity contribution is 5.85. The first-order chi connectivity index (χ1) is 3.55. The fraction of sp³-hybridized carbons (Fsp3) is 0.800. The molecule has 0 aliphatic rings. The van der Waals surface area contributed by atoms with Gasteiger partial charge in [0.1, 0.15) is 0 Å². The van der Waals surface area contributed by atoms with Crippen molar-refractivity contribution in [1.29, 1.82) is 0 Å². The van der Waals surface area contributed by atoms with Gasteiger partial charge in [0.05, 0.1) is 6.04 Å². The highest BCUT2D eigenvalue weighted by Gasteiger charge is 2.08. The summed E-state index contributed by atoms with van der Waals surface area (Å²) < 4.78 is 0. The maximum Gasteiger partial charge on any atom is 0.234 e. The predicted octanol–water partition coefficient (Wildman–Crippen LogP) is -0.156. The van der Waals surface area contributed by atoms with Gasteiger partial charge in [-0.2, -0.15) is 0 Å². The molecule has 2 N–H and O–H groups in total. The minimum Gasteiger partial charge on any atom is -0.368 e. The van der Waals surface area contributed by atoms with E-state index in [-0.39, 0.29) is 24.4 Å². The van der Waals surface area contributed by atoms with Crippen LogP contribution in [0.25, 0.3) is 0 Å². The monoisotopic (exact) mass is 152 g/mol. The molecule has 56 valence electrons. The Labute approximate surface area is 61.6 Å². The zero-order valence-corrected chi connectivity index (χ0v) is 6.73. The smallest absolute Gasteiger partial charge is 0.234 e. The van der Waals surface area contributed by atoms with Gasteiger partial charge in [0.25, 0.3) is 0 Å². The van der Waals surface area contributed by atoms with Gasteiger partial charge in [0, 0.05) is 0 Å². The number of nitrogens with two attached hydrogens (primary N) is 1. The lowest BCUT2D eigenvalue weighted by molar-refractivity contribution is -0.121. The van der Waals surface area contributed by atoms with Crippen LogP contribution in [0.15, 0.2) is 0 Å². The molecule has 1 atom stereocenters. The highest BCUT2D eigenvalue weighted by Crippen LogP contribution is 1.86. The molecule has 9 heavy (non-hydrogen) atoms. The van der Waals surface area contributed by atoms with E-state index in [9.17, 15) is 4.79 Å². The van der Waals surface area contributed by atoms with Crippen molar-refractivity contribution in [2.75, 3.05) is 14.1 Å². The summed E-state index contributed by atoms with van der Waals surface area (Å²) in [6, 6.07) is -0.157. The molecule has 0 fully saturated rings. The van der Waals surface area contributed by atoms with E-state index in [1.165, 1.54) is 0 Å². The number of likely N-dealkylation sites (N-methyl/N-ethyl adjacent to an activating group) is 1. The molecule has 1 unspecified atom stereocenters. The maximum absolute atomic E-state index is 10.3. The van der Waals surface area contributed by atoms with Crippen molar-refractivity contribution < 1.29 is 4.79 Å². The Bertz CT molecular complexity index is 95.0. The number of nitrogens with zero attached hydrogens (tertiary/aromatic N) is 1. The van der Waals surface area contributed by atoms with Crippen LogP contribution >= 0.6 is 12.4 Å². The Morgan fingerprint density at radius 1 is 1.56 bits per heavy atom. The zero-order chi connectivity index (χ0) is 6.73. The Morgan fingerprint density at radius 3 is 1.89 bits per heavy atom. The molecule has 1 amide bonds. The van der Waals surface area contributed by atoms with Crippen molar-refractivity contribution in [3.8, 4) is 0 Å². The Balaban J connectivity index is 0. The van der Waals surface area contributed by atoms with E-state index in [4.69, 9.17) is 5.73 Å². The van der Waals surface area contributed by atoms with Crippen LogP contribution in [0.4, 0.5) is 0 Å². The van der Waals surface area contributed by atoms with Crippen LogP contribution in [0.1, 0.15) is 6.92 Å². The Hall–Kier alpha value is -0.280. The summed E-state index contributed by atoms with van der Waals surface area (Å²) in [7, 11) is 3.63. The van der Waals surface area contributed by atoms with E-state index < -0.39 is 0 Å². The van der Waals surface area contributed by atoms with E-state index in [1.54, 1.807) is 11.8 Å². The van der Waals surface area contributed by atoms with E-state index in [2.05, 4.69) is 0 Å². The quantitative estimate of drug-likeness (QED) is 0.598. The molecule has 0 saturated carbocycles. The van der Waals surface area contributed by atoms with Crippen LogP contribution < -0.4 is 5.73 Å². The summed E-state index contributed by atoms with van der Waals surface area (Å²) in [4.78, 5) is 12.1. The average Bonchev–Trinajstić information content (AvgIpc) is 1.64. The van der Waals surface area contributed by atoms with E-state index in [0.717, 1.165) is 0 Å². The molecule has 0 bridgehead atoms. The van der Waals surface area contributed by atoms with Gasteiger partial charge in [-0.3, -0.25) is 9.69 Å². The molecule has 0 radical (unpaired) electrons. The lowest BCUT2D eigenvalue weighted by atomic mass is 10.3. The molecule has 0 heterocycles. The standard InChI is InChI=1S/C5H12N2O.ClH/c1-4(5(6)8)7(2)3;/h4H,1-3H3,(H2,6,8);1H. The number of halogens is 1. The molecular weight excluding hydrogens is 140 g/mol. The van der Waals surface area contributed by atoms with Crippen LogP contribution in [0.2, 0.25) is 0 Å². The highest BCUT2D eigenvalue weighted by atomic mass is 35.5. The van der Waals surface area contributed by atoms with Gasteiger partial charge in [0.2, 0.25) is 5.91 Å². The van der Waals surface area contributed by atoms with Gasteiger partial charge in [-0.15, -0.1) is 12.4 Å². The van der Waals surface area contributed by atoms with Crippen molar-refractivity contribution in [3.05, 3.63) is 0 Å². The largest absolute Gasteiger partial charge is 0.368 e. The van der Waals surface area contributed by atoms with Gasteiger partial charge in [-0.25, -0.2) is 0 Å². The summed E-state index contributed by atoms with van der Waals surface area (Å²) in [6.45, 7) is 1.77. The van der Waals surface area contributed by atoms with Crippen molar-refractivity contribution in [3.63, 3.8) is 0 Å². The fourth-order valence-electron chi connectivity index (χ4n) is 0.254. The molecule has 0 aromatic rings. The van der Waals surface area contributed by atoms with Gasteiger partial charge >= 0.3 is 0 Å². The number of primary amides is 1. The number of amides is 1. The minimum atomic E-state index is -0.282. The van der Waals surface area contributed by atoms with Crippen LogP contribution in [0.5, 0.6) is 0 Å². The topological polar surface area (TPSA) is 46.3 Å². The second-order valence-electron chi connectivity index (χ2n) is 2.04. The van der Waals surface area contributed by atoms with Crippen LogP contribution in [0, 0.1) is 0 Å². The molecule has 0 saturated heterocycles. The SMILES string of the molecule is CC(C(N)=O)N(C)C.Cl. The molecular formula is C5H13ClN2O. The summed E-state index contributed by atoms with van der Waals surface area (Å²) >= 11 is 0. The third kappa shape index (κ3) is 4.24. The number of carbonyl (C=O) groups is 1. The lowest BCUT2D eigenvalue weighted by Gasteiger charge is -2.14. The van der Waals surface area contributed by atoms with Crippen LogP contribution in [-0.4, -0.2) is 30.9 Å². The van der Waals surface area contributed by atoms with Gasteiger partial charge in [0.15, 0.2) is 0 Å². The van der Waals surface area contributed by atoms with Crippen molar-refractivity contribution >= 4 is 18.3 Å². The molecule has 0 aliphatic carbocycles. The van der Waals surface area contributed by atoms with Gasteiger partial charge in [-0.05, 0) is 21.0 Å². The van der Waals surface area contributed by atoms with E-state index >= 15 is 0 Å².